The number of carbonyl (C=O) groups excluding carboxylic acids is 2. The molecule has 3 rings (SSSR count). The smallest absolute Gasteiger partial charge is 0.247 e. The van der Waals surface area contributed by atoms with Crippen LogP contribution in [0, 0.1) is 13.8 Å². The van der Waals surface area contributed by atoms with E-state index in [1.54, 1.807) is 4.90 Å². The van der Waals surface area contributed by atoms with E-state index in [4.69, 9.17) is 0 Å². The summed E-state index contributed by atoms with van der Waals surface area (Å²) < 4.78 is 1.88. The lowest BCUT2D eigenvalue weighted by atomic mass is 10.0. The molecule has 0 spiro atoms. The zero-order valence-corrected chi connectivity index (χ0v) is 16.9. The summed E-state index contributed by atoms with van der Waals surface area (Å²) in [4.78, 5) is 26.8. The molecule has 0 aliphatic carbocycles. The summed E-state index contributed by atoms with van der Waals surface area (Å²) in [6.07, 6.45) is 4.55. The van der Waals surface area contributed by atoms with Crippen LogP contribution in [0.2, 0.25) is 0 Å². The first-order valence-electron chi connectivity index (χ1n) is 9.22. The Morgan fingerprint density at radius 3 is 2.59 bits per heavy atom. The molecule has 2 heterocycles. The highest BCUT2D eigenvalue weighted by molar-refractivity contribution is 7.99. The van der Waals surface area contributed by atoms with E-state index in [0.717, 1.165) is 42.0 Å². The standard InChI is InChI=1S/C20H26N4O2S/c1-14-12-15(2)24(22-14)17-9-7-16(8-10-17)21-20(26)18-6-4-5-11-23(18)19(25)13-27-3/h7-10,12,18H,4-6,11,13H2,1-3H3,(H,21,26). The van der Waals surface area contributed by atoms with E-state index in [0.29, 0.717) is 12.3 Å². The number of nitrogens with zero attached hydrogens (tertiary/aromatic N) is 3. The van der Waals surface area contributed by atoms with Gasteiger partial charge in [-0.3, -0.25) is 9.59 Å². The second-order valence-corrected chi connectivity index (χ2v) is 7.77. The Morgan fingerprint density at radius 2 is 1.96 bits per heavy atom. The number of benzene rings is 1. The quantitative estimate of drug-likeness (QED) is 0.857. The minimum atomic E-state index is -0.380. The van der Waals surface area contributed by atoms with Crippen molar-refractivity contribution in [2.45, 2.75) is 39.2 Å². The van der Waals surface area contributed by atoms with Crippen LogP contribution in [-0.2, 0) is 9.59 Å². The summed E-state index contributed by atoms with van der Waals surface area (Å²) in [6, 6.07) is 9.27. The summed E-state index contributed by atoms with van der Waals surface area (Å²) in [5, 5.41) is 7.44. The maximum Gasteiger partial charge on any atom is 0.247 e. The molecule has 0 saturated carbocycles. The summed E-state index contributed by atoms with van der Waals surface area (Å²) >= 11 is 1.49. The number of rotatable bonds is 5. The molecule has 1 aromatic heterocycles. The molecule has 1 unspecified atom stereocenters. The number of nitrogens with one attached hydrogen (secondary N) is 1. The third-order valence-electron chi connectivity index (χ3n) is 4.78. The van der Waals surface area contributed by atoms with E-state index in [1.807, 2.05) is 55.1 Å². The number of anilines is 1. The number of hydrogen-bond donors (Lipinski definition) is 1. The monoisotopic (exact) mass is 386 g/mol. The van der Waals surface area contributed by atoms with Gasteiger partial charge in [-0.25, -0.2) is 4.68 Å². The van der Waals surface area contributed by atoms with E-state index < -0.39 is 0 Å². The van der Waals surface area contributed by atoms with Crippen LogP contribution in [0.15, 0.2) is 30.3 Å². The summed E-state index contributed by atoms with van der Waals surface area (Å²) in [7, 11) is 0. The maximum atomic E-state index is 12.8. The number of hydrogen-bond acceptors (Lipinski definition) is 4. The Bertz CT molecular complexity index is 816. The molecule has 1 fully saturated rings. The zero-order chi connectivity index (χ0) is 19.4. The number of thioether (sulfide) groups is 1. The normalized spacial score (nSPS) is 17.0. The molecular weight excluding hydrogens is 360 g/mol. The van der Waals surface area contributed by atoms with Crippen molar-refractivity contribution in [1.29, 1.82) is 0 Å². The molecule has 1 atom stereocenters. The van der Waals surface area contributed by atoms with E-state index >= 15 is 0 Å². The van der Waals surface area contributed by atoms with Crippen LogP contribution in [0.3, 0.4) is 0 Å². The van der Waals surface area contributed by atoms with Crippen LogP contribution in [-0.4, -0.2) is 51.1 Å². The third-order valence-corrected chi connectivity index (χ3v) is 5.32. The molecule has 1 aliphatic heterocycles. The molecule has 6 nitrogen and oxygen atoms in total. The van der Waals surface area contributed by atoms with Crippen molar-refractivity contribution in [3.8, 4) is 5.69 Å². The molecular formula is C20H26N4O2S. The SMILES string of the molecule is CSCC(=O)N1CCCCC1C(=O)Nc1ccc(-n2nc(C)cc2C)cc1. The lowest BCUT2D eigenvalue weighted by Gasteiger charge is -2.34. The van der Waals surface area contributed by atoms with Gasteiger partial charge in [0.15, 0.2) is 0 Å². The molecule has 0 radical (unpaired) electrons. The second-order valence-electron chi connectivity index (χ2n) is 6.91. The van der Waals surface area contributed by atoms with Crippen LogP contribution >= 0.6 is 11.8 Å². The fourth-order valence-corrected chi connectivity index (χ4v) is 3.92. The first kappa shape index (κ1) is 19.5. The topological polar surface area (TPSA) is 67.2 Å². The van der Waals surface area contributed by atoms with Crippen molar-refractivity contribution >= 4 is 29.3 Å². The Balaban J connectivity index is 1.69. The van der Waals surface area contributed by atoms with Crippen LogP contribution in [0.25, 0.3) is 5.69 Å². The highest BCUT2D eigenvalue weighted by Crippen LogP contribution is 2.21. The molecule has 1 N–H and O–H groups in total. The van der Waals surface area contributed by atoms with Crippen LogP contribution in [0.4, 0.5) is 5.69 Å². The molecule has 7 heteroatoms. The highest BCUT2D eigenvalue weighted by atomic mass is 32.2. The fraction of sp³-hybridized carbons (Fsp3) is 0.450. The average molecular weight is 387 g/mol. The lowest BCUT2D eigenvalue weighted by Crippen LogP contribution is -2.50. The van der Waals surface area contributed by atoms with Gasteiger partial charge in [0.1, 0.15) is 6.04 Å². The molecule has 1 saturated heterocycles. The number of piperidine rings is 1. The van der Waals surface area contributed by atoms with Gasteiger partial charge in [0, 0.05) is 17.9 Å². The number of amides is 2. The third kappa shape index (κ3) is 4.53. The summed E-state index contributed by atoms with van der Waals surface area (Å²) in [5.41, 5.74) is 3.72. The molecule has 144 valence electrons. The van der Waals surface area contributed by atoms with Crippen molar-refractivity contribution < 1.29 is 9.59 Å². The minimum Gasteiger partial charge on any atom is -0.330 e. The van der Waals surface area contributed by atoms with Crippen molar-refractivity contribution in [1.82, 2.24) is 14.7 Å². The minimum absolute atomic E-state index is 0.0437. The summed E-state index contributed by atoms with van der Waals surface area (Å²) in [5.74, 6) is 0.353. The average Bonchev–Trinajstić information content (AvgIpc) is 3.00. The fourth-order valence-electron chi connectivity index (χ4n) is 3.51. The Morgan fingerprint density at radius 1 is 1.22 bits per heavy atom. The Kier molecular flexibility index (Phi) is 6.21. The van der Waals surface area contributed by atoms with Gasteiger partial charge >= 0.3 is 0 Å². The van der Waals surface area contributed by atoms with Gasteiger partial charge in [0.25, 0.3) is 0 Å². The zero-order valence-electron chi connectivity index (χ0n) is 16.1. The van der Waals surface area contributed by atoms with E-state index in [2.05, 4.69) is 10.4 Å². The number of aromatic nitrogens is 2. The van der Waals surface area contributed by atoms with Gasteiger partial charge in [0.05, 0.1) is 17.1 Å². The van der Waals surface area contributed by atoms with Gasteiger partial charge in [0.2, 0.25) is 11.8 Å². The van der Waals surface area contributed by atoms with Gasteiger partial charge < -0.3 is 10.2 Å². The summed E-state index contributed by atoms with van der Waals surface area (Å²) in [6.45, 7) is 4.64. The largest absolute Gasteiger partial charge is 0.330 e. The first-order valence-corrected chi connectivity index (χ1v) is 10.6. The number of carbonyl (C=O) groups is 2. The predicted octanol–water partition coefficient (Wildman–Crippen LogP) is 3.17. The number of likely N-dealkylation sites (tertiary alicyclic amines) is 1. The highest BCUT2D eigenvalue weighted by Gasteiger charge is 2.31. The van der Waals surface area contributed by atoms with Crippen molar-refractivity contribution in [3.05, 3.63) is 41.7 Å². The van der Waals surface area contributed by atoms with Crippen molar-refractivity contribution in [3.63, 3.8) is 0 Å². The Labute approximate surface area is 164 Å². The molecule has 2 aromatic rings. The van der Waals surface area contributed by atoms with Crippen LogP contribution < -0.4 is 5.32 Å². The first-order chi connectivity index (χ1) is 13.0. The predicted molar refractivity (Wildman–Crippen MR) is 109 cm³/mol. The Hall–Kier alpha value is -2.28. The van der Waals surface area contributed by atoms with E-state index in [-0.39, 0.29) is 17.9 Å². The van der Waals surface area contributed by atoms with Gasteiger partial charge in [-0.1, -0.05) is 0 Å². The van der Waals surface area contributed by atoms with Crippen molar-refractivity contribution in [2.24, 2.45) is 0 Å². The van der Waals surface area contributed by atoms with Crippen LogP contribution in [0.1, 0.15) is 30.7 Å². The van der Waals surface area contributed by atoms with Crippen molar-refractivity contribution in [2.75, 3.05) is 23.9 Å². The molecule has 2 amide bonds. The van der Waals surface area contributed by atoms with Gasteiger partial charge in [-0.2, -0.15) is 16.9 Å². The molecule has 27 heavy (non-hydrogen) atoms. The van der Waals surface area contributed by atoms with Gasteiger partial charge in [-0.15, -0.1) is 0 Å². The van der Waals surface area contributed by atoms with E-state index in [1.165, 1.54) is 11.8 Å². The van der Waals surface area contributed by atoms with Crippen LogP contribution in [0.5, 0.6) is 0 Å². The second kappa shape index (κ2) is 8.61. The number of aryl methyl sites for hydroxylation is 2. The molecule has 0 bridgehead atoms. The maximum absolute atomic E-state index is 12.8. The lowest BCUT2D eigenvalue weighted by molar-refractivity contribution is -0.138. The molecule has 1 aliphatic rings. The van der Waals surface area contributed by atoms with Gasteiger partial charge in [-0.05, 0) is 69.7 Å². The van der Waals surface area contributed by atoms with E-state index in [9.17, 15) is 9.59 Å². The molecule has 1 aromatic carbocycles.